The van der Waals surface area contributed by atoms with Gasteiger partial charge in [0.15, 0.2) is 0 Å². The summed E-state index contributed by atoms with van der Waals surface area (Å²) in [6, 6.07) is 6.88. The first-order valence-corrected chi connectivity index (χ1v) is 25.4. The highest BCUT2D eigenvalue weighted by Crippen LogP contribution is 2.65. The molecule has 7 rings (SSSR count). The Balaban J connectivity index is 1.64. The van der Waals surface area contributed by atoms with Crippen molar-refractivity contribution in [3.8, 4) is 0 Å². The normalized spacial score (nSPS) is 37.9. The third-order valence-electron chi connectivity index (χ3n) is 12.4. The maximum atomic E-state index is 4.14. The van der Waals surface area contributed by atoms with Gasteiger partial charge in [-0.05, 0) is 112 Å². The third kappa shape index (κ3) is 5.03. The van der Waals surface area contributed by atoms with Crippen molar-refractivity contribution in [1.82, 2.24) is 10.6 Å². The summed E-state index contributed by atoms with van der Waals surface area (Å²) in [7, 11) is 3.89. The molecule has 0 radical (unpaired) electrons. The van der Waals surface area contributed by atoms with E-state index in [9.17, 15) is 0 Å². The molecule has 4 bridgehead atoms. The Hall–Kier alpha value is 0.434. The Morgan fingerprint density at radius 3 is 1.62 bits per heavy atom. The van der Waals surface area contributed by atoms with Crippen LogP contribution >= 0.6 is 18.5 Å². The van der Waals surface area contributed by atoms with Crippen LogP contribution in [-0.2, 0) is 10.6 Å². The Labute approximate surface area is 253 Å². The van der Waals surface area contributed by atoms with Gasteiger partial charge in [-0.2, -0.15) is 0 Å². The molecule has 0 amide bonds. The van der Waals surface area contributed by atoms with Crippen molar-refractivity contribution in [1.29, 1.82) is 0 Å². The fourth-order valence-corrected chi connectivity index (χ4v) is 17.5. The van der Waals surface area contributed by atoms with Crippen molar-refractivity contribution in [2.75, 3.05) is 19.3 Å². The van der Waals surface area contributed by atoms with Crippen LogP contribution in [0.5, 0.6) is 0 Å². The first-order chi connectivity index (χ1) is 18.9. The molecule has 6 heteroatoms. The van der Waals surface area contributed by atoms with Gasteiger partial charge in [0.05, 0.1) is 16.1 Å². The molecule has 2 saturated heterocycles. The summed E-state index contributed by atoms with van der Waals surface area (Å²) >= 11 is 0. The Morgan fingerprint density at radius 1 is 0.750 bits per heavy atom. The molecule has 224 valence electrons. The van der Waals surface area contributed by atoms with Crippen molar-refractivity contribution in [2.24, 2.45) is 23.7 Å². The van der Waals surface area contributed by atoms with Gasteiger partial charge in [0.25, 0.3) is 0 Å². The zero-order chi connectivity index (χ0) is 28.5. The summed E-state index contributed by atoms with van der Waals surface area (Å²) in [5.74, 6) is 3.77. The quantitative estimate of drug-likeness (QED) is 0.264. The van der Waals surface area contributed by atoms with Gasteiger partial charge < -0.3 is 10.6 Å². The topological polar surface area (TPSA) is 24.1 Å². The molecule has 2 heterocycles. The van der Waals surface area contributed by atoms with Gasteiger partial charge in [0.1, 0.15) is 0 Å². The lowest BCUT2D eigenvalue weighted by Gasteiger charge is -2.63. The SMILES string of the molecule is C[Si](C)(C)c1cc(C(P)(C2CCCCN2)C2CCCCN2)c(C2(CP)C3CC4CC(C3)CC2C4)cc1[Si](C)(C)C. The molecule has 1 aromatic carbocycles. The number of hydrogen-bond donors (Lipinski definition) is 2. The summed E-state index contributed by atoms with van der Waals surface area (Å²) in [6.07, 6.45) is 16.8. The summed E-state index contributed by atoms with van der Waals surface area (Å²) in [5.41, 5.74) is 3.92. The van der Waals surface area contributed by atoms with Gasteiger partial charge in [-0.15, -0.1) is 18.5 Å². The van der Waals surface area contributed by atoms with E-state index in [-0.39, 0.29) is 5.16 Å². The number of hydrogen-bond acceptors (Lipinski definition) is 2. The second-order valence-corrected chi connectivity index (χ2v) is 28.4. The second-order valence-electron chi connectivity index (χ2n) is 16.9. The van der Waals surface area contributed by atoms with Crippen molar-refractivity contribution in [2.45, 2.75) is 133 Å². The van der Waals surface area contributed by atoms with Crippen LogP contribution in [0.4, 0.5) is 0 Å². The molecule has 0 spiro atoms. The van der Waals surface area contributed by atoms with Crippen LogP contribution in [0.25, 0.3) is 0 Å². The van der Waals surface area contributed by atoms with Crippen LogP contribution in [-0.4, -0.2) is 47.5 Å². The fraction of sp³-hybridized carbons (Fsp3) is 0.824. The number of nitrogens with one attached hydrogen (secondary N) is 2. The van der Waals surface area contributed by atoms with E-state index in [1.165, 1.54) is 89.9 Å². The van der Waals surface area contributed by atoms with Crippen LogP contribution < -0.4 is 21.0 Å². The Bertz CT molecular complexity index is 1030. The molecule has 4 saturated carbocycles. The van der Waals surface area contributed by atoms with Crippen LogP contribution in [0.15, 0.2) is 12.1 Å². The van der Waals surface area contributed by atoms with Gasteiger partial charge in [0.2, 0.25) is 0 Å². The Morgan fingerprint density at radius 2 is 1.23 bits per heavy atom. The second kappa shape index (κ2) is 11.1. The van der Waals surface area contributed by atoms with E-state index in [2.05, 4.69) is 80.5 Å². The monoisotopic (exact) mass is 614 g/mol. The van der Waals surface area contributed by atoms with Crippen LogP contribution in [0.3, 0.4) is 0 Å². The van der Waals surface area contributed by atoms with Gasteiger partial charge in [-0.1, -0.05) is 74.6 Å². The van der Waals surface area contributed by atoms with E-state index in [4.69, 9.17) is 0 Å². The smallest absolute Gasteiger partial charge is 0.0774 e. The van der Waals surface area contributed by atoms with E-state index < -0.39 is 16.1 Å². The van der Waals surface area contributed by atoms with Crippen LogP contribution in [0.2, 0.25) is 39.3 Å². The maximum Gasteiger partial charge on any atom is 0.0774 e. The molecule has 6 fully saturated rings. The van der Waals surface area contributed by atoms with Gasteiger partial charge in [-0.25, -0.2) is 0 Å². The molecule has 0 aromatic heterocycles. The number of benzene rings is 1. The summed E-state index contributed by atoms with van der Waals surface area (Å²) < 4.78 is 0. The lowest BCUT2D eigenvalue weighted by Crippen LogP contribution is -2.63. The van der Waals surface area contributed by atoms with E-state index in [0.29, 0.717) is 17.5 Å². The predicted octanol–water partition coefficient (Wildman–Crippen LogP) is 6.70. The predicted molar refractivity (Wildman–Crippen MR) is 188 cm³/mol. The standard InChI is InChI=1S/C34H60N2P2Si2/c1-39(2,3)29-20-27(33(22-37)25-16-23-15-24(18-25)19-26(33)17-23)28(21-30(29)40(4,5)6)34(38,31-11-7-9-13-35-31)32-12-8-10-14-36-32/h20-21,23-26,31-32,35-36H,7-19,22,37-38H2,1-6H3. The molecular formula is C34H60N2P2Si2. The van der Waals surface area contributed by atoms with E-state index in [1.54, 1.807) is 15.9 Å². The minimum absolute atomic E-state index is 0.0457. The average molecular weight is 615 g/mol. The summed E-state index contributed by atoms with van der Waals surface area (Å²) in [6.45, 7) is 18.1. The largest absolute Gasteiger partial charge is 0.313 e. The maximum absolute atomic E-state index is 4.14. The highest BCUT2D eigenvalue weighted by Gasteiger charge is 2.59. The minimum atomic E-state index is -1.56. The number of piperidine rings is 2. The fourth-order valence-electron chi connectivity index (χ4n) is 10.6. The van der Waals surface area contributed by atoms with Gasteiger partial charge >= 0.3 is 0 Å². The van der Waals surface area contributed by atoms with E-state index in [0.717, 1.165) is 23.7 Å². The highest BCUT2D eigenvalue weighted by atomic mass is 31.0. The average Bonchev–Trinajstić information content (AvgIpc) is 2.92. The molecule has 4 atom stereocenters. The molecule has 40 heavy (non-hydrogen) atoms. The molecule has 2 nitrogen and oxygen atoms in total. The molecule has 4 unspecified atom stereocenters. The summed E-state index contributed by atoms with van der Waals surface area (Å²) in [5, 5.41) is 11.9. The van der Waals surface area contributed by atoms with Crippen molar-refractivity contribution in [3.63, 3.8) is 0 Å². The minimum Gasteiger partial charge on any atom is -0.313 e. The highest BCUT2D eigenvalue weighted by molar-refractivity contribution is 7.18. The third-order valence-corrected chi connectivity index (χ3v) is 18.5. The van der Waals surface area contributed by atoms with Crippen LogP contribution in [0, 0.1) is 23.7 Å². The van der Waals surface area contributed by atoms with Crippen molar-refractivity contribution in [3.05, 3.63) is 23.3 Å². The van der Waals surface area contributed by atoms with Crippen molar-refractivity contribution >= 4 is 45.0 Å². The van der Waals surface area contributed by atoms with Crippen molar-refractivity contribution < 1.29 is 0 Å². The zero-order valence-corrected chi connectivity index (χ0v) is 31.0. The molecule has 6 aliphatic rings. The molecule has 4 aliphatic carbocycles. The first-order valence-electron chi connectivity index (χ1n) is 17.0. The number of rotatable bonds is 7. The Kier molecular flexibility index (Phi) is 8.45. The molecular weight excluding hydrogens is 555 g/mol. The van der Waals surface area contributed by atoms with Gasteiger partial charge in [0, 0.05) is 22.7 Å². The van der Waals surface area contributed by atoms with Crippen LogP contribution in [0.1, 0.15) is 81.8 Å². The van der Waals surface area contributed by atoms with E-state index >= 15 is 0 Å². The first kappa shape index (κ1) is 30.5. The molecule has 2 N–H and O–H groups in total. The molecule has 2 aliphatic heterocycles. The van der Waals surface area contributed by atoms with E-state index in [1.807, 2.05) is 5.56 Å². The summed E-state index contributed by atoms with van der Waals surface area (Å²) in [4.78, 5) is 0. The zero-order valence-electron chi connectivity index (χ0n) is 26.7. The molecule has 1 aromatic rings. The lowest BCUT2D eigenvalue weighted by molar-refractivity contribution is -0.0507. The lowest BCUT2D eigenvalue weighted by atomic mass is 9.43. The van der Waals surface area contributed by atoms with Gasteiger partial charge in [-0.3, -0.25) is 0 Å².